The maximum Gasteiger partial charge on any atom is 0.210 e. The normalized spacial score (nSPS) is 18.6. The molecule has 0 fully saturated rings. The monoisotopic (exact) mass is 385 g/mol. The van der Waals surface area contributed by atoms with Gasteiger partial charge in [-0.15, -0.1) is 5.10 Å². The van der Waals surface area contributed by atoms with Crippen molar-refractivity contribution in [3.8, 4) is 0 Å². The van der Waals surface area contributed by atoms with E-state index in [1.54, 1.807) is 10.8 Å². The molecule has 1 aliphatic heterocycles. The molecule has 0 bridgehead atoms. The molecule has 2 heterocycles. The fourth-order valence-corrected chi connectivity index (χ4v) is 4.39. The highest BCUT2D eigenvalue weighted by Gasteiger charge is 2.39. The predicted molar refractivity (Wildman–Crippen MR) is 109 cm³/mol. The van der Waals surface area contributed by atoms with E-state index in [0.29, 0.717) is 5.16 Å². The molecule has 27 heavy (non-hydrogen) atoms. The molecule has 0 N–H and O–H groups in total. The highest BCUT2D eigenvalue weighted by Crippen LogP contribution is 2.46. The summed E-state index contributed by atoms with van der Waals surface area (Å²) in [4.78, 5) is 15.1. The number of hydrogen-bond acceptors (Lipinski definition) is 6. The summed E-state index contributed by atoms with van der Waals surface area (Å²) in [5.74, 6) is 0.0613. The number of carbonyl (C=O) groups is 1. The third-order valence-corrected chi connectivity index (χ3v) is 6.03. The second-order valence-electron chi connectivity index (χ2n) is 8.44. The molecule has 0 saturated heterocycles. The van der Waals surface area contributed by atoms with Crippen molar-refractivity contribution in [3.05, 3.63) is 41.6 Å². The van der Waals surface area contributed by atoms with Gasteiger partial charge >= 0.3 is 0 Å². The number of tetrazole rings is 1. The first-order valence-electron chi connectivity index (χ1n) is 9.08. The molecule has 1 atom stereocenters. The number of carbonyl (C=O) groups excluding carboxylic acids is 1. The molecule has 7 heteroatoms. The molecule has 0 saturated carbocycles. The van der Waals surface area contributed by atoms with Crippen LogP contribution >= 0.6 is 11.8 Å². The van der Waals surface area contributed by atoms with Gasteiger partial charge in [0.2, 0.25) is 5.16 Å². The first kappa shape index (κ1) is 19.6. The summed E-state index contributed by atoms with van der Waals surface area (Å²) in [6, 6.07) is 8.30. The summed E-state index contributed by atoms with van der Waals surface area (Å²) < 4.78 is 1.76. The van der Waals surface area contributed by atoms with Crippen molar-refractivity contribution < 1.29 is 4.79 Å². The van der Waals surface area contributed by atoms with Crippen LogP contribution in [0.15, 0.2) is 41.2 Å². The minimum Gasteiger partial charge on any atom is -0.347 e. The molecule has 6 nitrogen and oxygen atoms in total. The Labute approximate surface area is 165 Å². The van der Waals surface area contributed by atoms with E-state index in [9.17, 15) is 4.79 Å². The van der Waals surface area contributed by atoms with Gasteiger partial charge in [-0.25, -0.2) is 4.68 Å². The second-order valence-corrected chi connectivity index (χ2v) is 9.75. The van der Waals surface area contributed by atoms with Gasteiger partial charge in [-0.2, -0.15) is 0 Å². The zero-order chi connectivity index (χ0) is 20.0. The topological polar surface area (TPSA) is 63.9 Å². The van der Waals surface area contributed by atoms with Gasteiger partial charge in [0.1, 0.15) is 0 Å². The lowest BCUT2D eigenvalue weighted by atomic mass is 9.83. The van der Waals surface area contributed by atoms with Crippen molar-refractivity contribution in [1.29, 1.82) is 0 Å². The zero-order valence-electron chi connectivity index (χ0n) is 17.0. The lowest BCUT2D eigenvalue weighted by Crippen LogP contribution is -2.26. The van der Waals surface area contributed by atoms with Crippen molar-refractivity contribution in [2.45, 2.75) is 62.9 Å². The minimum absolute atomic E-state index is 0.0613. The largest absolute Gasteiger partial charge is 0.347 e. The molecule has 1 aromatic heterocycles. The fraction of sp³-hybridized carbons (Fsp3) is 0.500. The first-order chi connectivity index (χ1) is 12.5. The quantitative estimate of drug-likeness (QED) is 0.589. The average Bonchev–Trinajstić information content (AvgIpc) is 3.13. The Morgan fingerprint density at radius 1 is 1.26 bits per heavy atom. The standard InChI is InChI=1S/C20H27N5OS/c1-13(27-18-21-22-23-25(18)19(2,3)4)16(26)12-17-20(5,6)14-10-8-9-11-15(14)24(17)7/h8-13H,1-7H3/b17-12-. The smallest absolute Gasteiger partial charge is 0.210 e. The van der Waals surface area contributed by atoms with E-state index in [0.717, 1.165) is 11.4 Å². The van der Waals surface area contributed by atoms with Gasteiger partial charge in [-0.05, 0) is 49.8 Å². The lowest BCUT2D eigenvalue weighted by molar-refractivity contribution is -0.114. The van der Waals surface area contributed by atoms with Crippen molar-refractivity contribution in [1.82, 2.24) is 20.2 Å². The van der Waals surface area contributed by atoms with Gasteiger partial charge in [0, 0.05) is 29.9 Å². The fourth-order valence-electron chi connectivity index (χ4n) is 3.40. The van der Waals surface area contributed by atoms with Crippen LogP contribution in [0.3, 0.4) is 0 Å². The number of rotatable bonds is 4. The number of hydrogen-bond donors (Lipinski definition) is 0. The SMILES string of the molecule is CC(Sc1nnnn1C(C)(C)C)C(=O)/C=C1\N(C)c2ccccc2C1(C)C. The van der Waals surface area contributed by atoms with E-state index in [1.165, 1.54) is 17.3 Å². The molecule has 0 spiro atoms. The summed E-state index contributed by atoms with van der Waals surface area (Å²) in [5, 5.41) is 12.3. The number of likely N-dealkylation sites (N-methyl/N-ethyl adjacent to an activating group) is 1. The van der Waals surface area contributed by atoms with Crippen LogP contribution in [0.5, 0.6) is 0 Å². The Morgan fingerprint density at radius 2 is 1.93 bits per heavy atom. The van der Waals surface area contributed by atoms with Crippen LogP contribution in [0.25, 0.3) is 0 Å². The van der Waals surface area contributed by atoms with Gasteiger partial charge in [-0.1, -0.05) is 43.8 Å². The molecular weight excluding hydrogens is 358 g/mol. The van der Waals surface area contributed by atoms with Crippen molar-refractivity contribution in [3.63, 3.8) is 0 Å². The first-order valence-corrected chi connectivity index (χ1v) is 9.96. The summed E-state index contributed by atoms with van der Waals surface area (Å²) >= 11 is 1.39. The Morgan fingerprint density at radius 3 is 2.56 bits per heavy atom. The molecule has 3 rings (SSSR count). The van der Waals surface area contributed by atoms with Crippen molar-refractivity contribution in [2.24, 2.45) is 0 Å². The maximum absolute atomic E-state index is 13.0. The van der Waals surface area contributed by atoms with Crippen molar-refractivity contribution >= 4 is 23.2 Å². The Hall–Kier alpha value is -2.15. The third-order valence-electron chi connectivity index (χ3n) is 4.98. The molecule has 144 valence electrons. The maximum atomic E-state index is 13.0. The van der Waals surface area contributed by atoms with Gasteiger partial charge in [-0.3, -0.25) is 4.79 Å². The van der Waals surface area contributed by atoms with Gasteiger partial charge in [0.25, 0.3) is 0 Å². The van der Waals surface area contributed by atoms with Crippen LogP contribution in [0, 0.1) is 0 Å². The van der Waals surface area contributed by atoms with Crippen molar-refractivity contribution in [2.75, 3.05) is 11.9 Å². The number of nitrogens with zero attached hydrogens (tertiary/aromatic N) is 5. The summed E-state index contributed by atoms with van der Waals surface area (Å²) in [5.41, 5.74) is 2.96. The Bertz CT molecular complexity index is 894. The van der Waals surface area contributed by atoms with Crippen LogP contribution in [0.2, 0.25) is 0 Å². The molecule has 0 aliphatic carbocycles. The van der Waals surface area contributed by atoms with E-state index in [4.69, 9.17) is 0 Å². The molecule has 2 aromatic rings. The molecule has 0 amide bonds. The third kappa shape index (κ3) is 3.52. The van der Waals surface area contributed by atoms with E-state index >= 15 is 0 Å². The number of para-hydroxylation sites is 1. The number of aromatic nitrogens is 4. The van der Waals surface area contributed by atoms with Crippen LogP contribution in [-0.4, -0.2) is 38.3 Å². The Kier molecular flexibility index (Phi) is 4.93. The number of anilines is 1. The summed E-state index contributed by atoms with van der Waals surface area (Å²) in [6.45, 7) is 12.3. The number of thioether (sulfide) groups is 1. The minimum atomic E-state index is -0.280. The van der Waals surface area contributed by atoms with Gasteiger partial charge in [0.05, 0.1) is 10.8 Å². The van der Waals surface area contributed by atoms with Gasteiger partial charge < -0.3 is 4.90 Å². The van der Waals surface area contributed by atoms with E-state index < -0.39 is 0 Å². The van der Waals surface area contributed by atoms with E-state index in [-0.39, 0.29) is 22.0 Å². The van der Waals surface area contributed by atoms with Crippen LogP contribution < -0.4 is 4.90 Å². The van der Waals surface area contributed by atoms with E-state index in [1.807, 2.05) is 46.9 Å². The van der Waals surface area contributed by atoms with E-state index in [2.05, 4.69) is 46.4 Å². The highest BCUT2D eigenvalue weighted by atomic mass is 32.2. The number of allylic oxidation sites excluding steroid dienone is 2. The zero-order valence-corrected chi connectivity index (χ0v) is 17.8. The Balaban J connectivity index is 1.84. The summed E-state index contributed by atoms with van der Waals surface area (Å²) in [7, 11) is 2.02. The predicted octanol–water partition coefficient (Wildman–Crippen LogP) is 3.79. The van der Waals surface area contributed by atoms with Crippen LogP contribution in [-0.2, 0) is 15.7 Å². The molecule has 1 aromatic carbocycles. The highest BCUT2D eigenvalue weighted by molar-refractivity contribution is 8.00. The number of benzene rings is 1. The molecule has 1 unspecified atom stereocenters. The summed E-state index contributed by atoms with van der Waals surface area (Å²) in [6.07, 6.45) is 1.78. The molecular formula is C20H27N5OS. The molecule has 1 aliphatic rings. The van der Waals surface area contributed by atoms with Crippen LogP contribution in [0.4, 0.5) is 5.69 Å². The number of ketones is 1. The second kappa shape index (κ2) is 6.78. The number of fused-ring (bicyclic) bond motifs is 1. The lowest BCUT2D eigenvalue weighted by Gasteiger charge is -2.24. The average molecular weight is 386 g/mol. The van der Waals surface area contributed by atoms with Gasteiger partial charge in [0.15, 0.2) is 5.78 Å². The van der Waals surface area contributed by atoms with Crippen LogP contribution in [0.1, 0.15) is 47.1 Å². The molecule has 0 radical (unpaired) electrons.